The molecule has 0 saturated heterocycles. The molecule has 2 heteroatoms. The average Bonchev–Trinajstić information content (AvgIpc) is 1.84. The summed E-state index contributed by atoms with van der Waals surface area (Å²) in [6.07, 6.45) is 1.16. The van der Waals surface area contributed by atoms with Gasteiger partial charge >= 0.3 is 0 Å². The molecular weight excluding hydrogens is 132 g/mol. The Morgan fingerprint density at radius 1 is 1.44 bits per heavy atom. The molecular formula is C7H16OS. The SMILES string of the molecule is CCC(C)(C)SCCO. The molecule has 1 nitrogen and oxygen atoms in total. The molecule has 0 aromatic rings. The van der Waals surface area contributed by atoms with Gasteiger partial charge in [0.2, 0.25) is 0 Å². The molecule has 56 valence electrons. The summed E-state index contributed by atoms with van der Waals surface area (Å²) in [5.74, 6) is 0.862. The Bertz CT molecular complexity index is 71.3. The summed E-state index contributed by atoms with van der Waals surface area (Å²) in [4.78, 5) is 0. The van der Waals surface area contributed by atoms with Gasteiger partial charge in [0.25, 0.3) is 0 Å². The highest BCUT2D eigenvalue weighted by atomic mass is 32.2. The minimum atomic E-state index is 0.300. The van der Waals surface area contributed by atoms with E-state index in [1.165, 1.54) is 0 Å². The van der Waals surface area contributed by atoms with Crippen molar-refractivity contribution < 1.29 is 5.11 Å². The van der Waals surface area contributed by atoms with Gasteiger partial charge in [-0.05, 0) is 6.42 Å². The highest BCUT2D eigenvalue weighted by molar-refractivity contribution is 8.00. The van der Waals surface area contributed by atoms with E-state index >= 15 is 0 Å². The highest BCUT2D eigenvalue weighted by Crippen LogP contribution is 2.26. The van der Waals surface area contributed by atoms with Crippen molar-refractivity contribution in [1.29, 1.82) is 0 Å². The van der Waals surface area contributed by atoms with Gasteiger partial charge in [-0.25, -0.2) is 0 Å². The lowest BCUT2D eigenvalue weighted by molar-refractivity contribution is 0.322. The summed E-state index contributed by atoms with van der Waals surface area (Å²) in [5.41, 5.74) is 0. The lowest BCUT2D eigenvalue weighted by Gasteiger charge is -2.20. The fourth-order valence-corrected chi connectivity index (χ4v) is 1.27. The quantitative estimate of drug-likeness (QED) is 0.657. The molecule has 0 unspecified atom stereocenters. The molecule has 0 aliphatic carbocycles. The third kappa shape index (κ3) is 4.79. The molecule has 0 rings (SSSR count). The largest absolute Gasteiger partial charge is 0.396 e. The van der Waals surface area contributed by atoms with E-state index in [1.807, 2.05) is 11.8 Å². The molecule has 0 radical (unpaired) electrons. The van der Waals surface area contributed by atoms with E-state index in [9.17, 15) is 0 Å². The van der Waals surface area contributed by atoms with Gasteiger partial charge in [-0.3, -0.25) is 0 Å². The molecule has 0 fully saturated rings. The fraction of sp³-hybridized carbons (Fsp3) is 1.00. The Hall–Kier alpha value is 0.310. The highest BCUT2D eigenvalue weighted by Gasteiger charge is 2.13. The lowest BCUT2D eigenvalue weighted by Crippen LogP contribution is -2.13. The summed E-state index contributed by atoms with van der Waals surface area (Å²) in [7, 11) is 0. The van der Waals surface area contributed by atoms with Crippen LogP contribution in [0.4, 0.5) is 0 Å². The lowest BCUT2D eigenvalue weighted by atomic mass is 10.1. The van der Waals surface area contributed by atoms with Crippen molar-refractivity contribution in [3.63, 3.8) is 0 Å². The Labute approximate surface area is 61.8 Å². The van der Waals surface area contributed by atoms with E-state index < -0.39 is 0 Å². The normalized spacial score (nSPS) is 12.0. The van der Waals surface area contributed by atoms with Crippen LogP contribution >= 0.6 is 11.8 Å². The number of thioether (sulfide) groups is 1. The van der Waals surface area contributed by atoms with E-state index in [0.717, 1.165) is 12.2 Å². The standard InChI is InChI=1S/C7H16OS/c1-4-7(2,3)9-6-5-8/h8H,4-6H2,1-3H3. The summed E-state index contributed by atoms with van der Waals surface area (Å²) in [6, 6.07) is 0. The topological polar surface area (TPSA) is 20.2 Å². The Kier molecular flexibility index (Phi) is 4.32. The van der Waals surface area contributed by atoms with Crippen molar-refractivity contribution in [2.45, 2.75) is 31.9 Å². The number of aliphatic hydroxyl groups is 1. The minimum absolute atomic E-state index is 0.300. The van der Waals surface area contributed by atoms with Gasteiger partial charge in [0.1, 0.15) is 0 Å². The molecule has 0 aromatic carbocycles. The van der Waals surface area contributed by atoms with Gasteiger partial charge in [0.15, 0.2) is 0 Å². The summed E-state index contributed by atoms with van der Waals surface area (Å²) in [6.45, 7) is 6.87. The number of rotatable bonds is 4. The summed E-state index contributed by atoms with van der Waals surface area (Å²) < 4.78 is 0.350. The first kappa shape index (κ1) is 9.31. The zero-order valence-corrected chi connectivity index (χ0v) is 7.29. The first-order valence-electron chi connectivity index (χ1n) is 3.37. The Morgan fingerprint density at radius 2 is 2.00 bits per heavy atom. The van der Waals surface area contributed by atoms with Crippen LogP contribution in [-0.2, 0) is 0 Å². The predicted molar refractivity (Wildman–Crippen MR) is 43.9 cm³/mol. The van der Waals surface area contributed by atoms with Gasteiger partial charge < -0.3 is 5.11 Å². The monoisotopic (exact) mass is 148 g/mol. The second kappa shape index (κ2) is 4.18. The Balaban J connectivity index is 3.33. The molecule has 0 heterocycles. The molecule has 0 atom stereocenters. The van der Waals surface area contributed by atoms with Crippen molar-refractivity contribution in [3.8, 4) is 0 Å². The van der Waals surface area contributed by atoms with Crippen LogP contribution in [-0.4, -0.2) is 22.2 Å². The summed E-state index contributed by atoms with van der Waals surface area (Å²) >= 11 is 1.83. The van der Waals surface area contributed by atoms with E-state index in [0.29, 0.717) is 11.4 Å². The van der Waals surface area contributed by atoms with Crippen LogP contribution in [0.2, 0.25) is 0 Å². The van der Waals surface area contributed by atoms with Crippen LogP contribution in [0.5, 0.6) is 0 Å². The molecule has 1 N–H and O–H groups in total. The first-order chi connectivity index (χ1) is 4.12. The van der Waals surface area contributed by atoms with E-state index in [4.69, 9.17) is 5.11 Å². The van der Waals surface area contributed by atoms with Crippen molar-refractivity contribution in [2.24, 2.45) is 0 Å². The van der Waals surface area contributed by atoms with E-state index in [1.54, 1.807) is 0 Å². The predicted octanol–water partition coefficient (Wildman–Crippen LogP) is 1.90. The van der Waals surface area contributed by atoms with Gasteiger partial charge in [-0.1, -0.05) is 20.8 Å². The molecule has 0 bridgehead atoms. The second-order valence-electron chi connectivity index (χ2n) is 2.69. The number of hydrogen-bond donors (Lipinski definition) is 1. The van der Waals surface area contributed by atoms with E-state index in [-0.39, 0.29) is 0 Å². The van der Waals surface area contributed by atoms with Gasteiger partial charge in [-0.2, -0.15) is 11.8 Å². The minimum Gasteiger partial charge on any atom is -0.396 e. The maximum absolute atomic E-state index is 8.50. The maximum atomic E-state index is 8.50. The molecule has 0 amide bonds. The Morgan fingerprint density at radius 3 is 2.33 bits per heavy atom. The van der Waals surface area contributed by atoms with Crippen LogP contribution < -0.4 is 0 Å². The smallest absolute Gasteiger partial charge is 0.0521 e. The van der Waals surface area contributed by atoms with Gasteiger partial charge in [0, 0.05) is 10.5 Å². The molecule has 0 aliphatic rings. The molecule has 9 heavy (non-hydrogen) atoms. The van der Waals surface area contributed by atoms with Crippen LogP contribution in [0, 0.1) is 0 Å². The first-order valence-corrected chi connectivity index (χ1v) is 4.36. The van der Waals surface area contributed by atoms with Crippen molar-refractivity contribution in [3.05, 3.63) is 0 Å². The fourth-order valence-electron chi connectivity index (χ4n) is 0.424. The maximum Gasteiger partial charge on any atom is 0.0521 e. The number of aliphatic hydroxyl groups excluding tert-OH is 1. The van der Waals surface area contributed by atoms with Crippen molar-refractivity contribution in [2.75, 3.05) is 12.4 Å². The summed E-state index contributed by atoms with van der Waals surface area (Å²) in [5, 5.41) is 8.50. The van der Waals surface area contributed by atoms with Gasteiger partial charge in [0.05, 0.1) is 6.61 Å². The number of hydrogen-bond acceptors (Lipinski definition) is 2. The van der Waals surface area contributed by atoms with Gasteiger partial charge in [-0.15, -0.1) is 0 Å². The third-order valence-corrected chi connectivity index (χ3v) is 2.89. The van der Waals surface area contributed by atoms with E-state index in [2.05, 4.69) is 20.8 Å². The zero-order chi connectivity index (χ0) is 7.33. The molecule has 0 aromatic heterocycles. The van der Waals surface area contributed by atoms with Crippen LogP contribution in [0.15, 0.2) is 0 Å². The third-order valence-electron chi connectivity index (χ3n) is 1.44. The van der Waals surface area contributed by atoms with Crippen molar-refractivity contribution in [1.82, 2.24) is 0 Å². The zero-order valence-electron chi connectivity index (χ0n) is 6.48. The van der Waals surface area contributed by atoms with Crippen LogP contribution in [0.1, 0.15) is 27.2 Å². The van der Waals surface area contributed by atoms with Crippen LogP contribution in [0.25, 0.3) is 0 Å². The molecule has 0 spiro atoms. The average molecular weight is 148 g/mol. The molecule has 0 aliphatic heterocycles. The van der Waals surface area contributed by atoms with Crippen LogP contribution in [0.3, 0.4) is 0 Å². The molecule has 0 saturated carbocycles. The second-order valence-corrected chi connectivity index (χ2v) is 4.49. The van der Waals surface area contributed by atoms with Crippen molar-refractivity contribution >= 4 is 11.8 Å².